The summed E-state index contributed by atoms with van der Waals surface area (Å²) < 4.78 is 0. The lowest BCUT2D eigenvalue weighted by Crippen LogP contribution is -2.12. The third-order valence-corrected chi connectivity index (χ3v) is 2.20. The van der Waals surface area contributed by atoms with Crippen LogP contribution in [-0.4, -0.2) is 11.5 Å². The van der Waals surface area contributed by atoms with Crippen molar-refractivity contribution in [3.05, 3.63) is 28.7 Å². The van der Waals surface area contributed by atoms with Crippen LogP contribution in [0.3, 0.4) is 0 Å². The average Bonchev–Trinajstić information content (AvgIpc) is 2.37. The minimum atomic E-state index is 0.846. The Morgan fingerprint density at radius 3 is 3.18 bits per heavy atom. The van der Waals surface area contributed by atoms with E-state index in [-0.39, 0.29) is 0 Å². The van der Waals surface area contributed by atoms with Gasteiger partial charge in [-0.15, -0.1) is 17.9 Å². The van der Waals surface area contributed by atoms with E-state index in [0.717, 1.165) is 23.8 Å². The summed E-state index contributed by atoms with van der Waals surface area (Å²) in [6, 6.07) is 0. The van der Waals surface area contributed by atoms with E-state index in [2.05, 4.69) is 22.3 Å². The van der Waals surface area contributed by atoms with Crippen molar-refractivity contribution in [1.29, 1.82) is 0 Å². The number of nitrogens with zero attached hydrogens (tertiary/aromatic N) is 1. The van der Waals surface area contributed by atoms with Gasteiger partial charge in [0.25, 0.3) is 0 Å². The molecule has 0 aromatic carbocycles. The average molecular weight is 168 g/mol. The number of aryl methyl sites for hydroxylation is 1. The molecule has 3 heteroatoms. The van der Waals surface area contributed by atoms with E-state index in [1.807, 2.05) is 13.0 Å². The van der Waals surface area contributed by atoms with Gasteiger partial charge in [0.2, 0.25) is 0 Å². The molecule has 1 aromatic rings. The first-order chi connectivity index (χ1) is 5.33. The Morgan fingerprint density at radius 2 is 2.64 bits per heavy atom. The maximum absolute atomic E-state index is 4.30. The highest BCUT2D eigenvalue weighted by Crippen LogP contribution is 2.07. The molecule has 0 aliphatic carbocycles. The summed E-state index contributed by atoms with van der Waals surface area (Å²) in [5.74, 6) is 0. The molecule has 1 rings (SSSR count). The predicted octanol–water partition coefficient (Wildman–Crippen LogP) is 1.73. The van der Waals surface area contributed by atoms with E-state index in [9.17, 15) is 0 Å². The molecule has 11 heavy (non-hydrogen) atoms. The number of aromatic nitrogens is 1. The van der Waals surface area contributed by atoms with Gasteiger partial charge in [-0.25, -0.2) is 4.98 Å². The van der Waals surface area contributed by atoms with Crippen molar-refractivity contribution in [1.82, 2.24) is 10.3 Å². The van der Waals surface area contributed by atoms with Crippen LogP contribution in [0.25, 0.3) is 0 Å². The molecule has 0 fully saturated rings. The molecule has 0 spiro atoms. The molecule has 0 radical (unpaired) electrons. The molecule has 0 amide bonds. The van der Waals surface area contributed by atoms with Crippen LogP contribution >= 0.6 is 11.3 Å². The molecule has 2 nitrogen and oxygen atoms in total. The fourth-order valence-electron chi connectivity index (χ4n) is 0.765. The van der Waals surface area contributed by atoms with Crippen molar-refractivity contribution >= 4 is 11.3 Å². The Kier molecular flexibility index (Phi) is 3.26. The van der Waals surface area contributed by atoms with Crippen LogP contribution in [0.15, 0.2) is 18.0 Å². The minimum absolute atomic E-state index is 0.846. The van der Waals surface area contributed by atoms with Crippen molar-refractivity contribution in [2.24, 2.45) is 0 Å². The zero-order chi connectivity index (χ0) is 8.10. The molecule has 0 aliphatic rings. The van der Waals surface area contributed by atoms with Gasteiger partial charge in [-0.3, -0.25) is 0 Å². The summed E-state index contributed by atoms with van der Waals surface area (Å²) in [6.07, 6.45) is 1.85. The van der Waals surface area contributed by atoms with Gasteiger partial charge in [0.1, 0.15) is 5.01 Å². The van der Waals surface area contributed by atoms with Crippen molar-refractivity contribution in [2.75, 3.05) is 6.54 Å². The number of hydrogen-bond acceptors (Lipinski definition) is 3. The molecular formula is C8H12N2S. The van der Waals surface area contributed by atoms with E-state index in [0.29, 0.717) is 0 Å². The van der Waals surface area contributed by atoms with E-state index in [1.54, 1.807) is 11.3 Å². The summed E-state index contributed by atoms with van der Waals surface area (Å²) in [4.78, 5) is 4.30. The Labute approximate surface area is 71.0 Å². The third kappa shape index (κ3) is 2.82. The topological polar surface area (TPSA) is 24.9 Å². The molecule has 1 heterocycles. The van der Waals surface area contributed by atoms with Gasteiger partial charge >= 0.3 is 0 Å². The highest BCUT2D eigenvalue weighted by molar-refractivity contribution is 7.09. The maximum Gasteiger partial charge on any atom is 0.107 e. The number of thiazole rings is 1. The molecule has 0 atom stereocenters. The Bertz CT molecular complexity index is 230. The van der Waals surface area contributed by atoms with Crippen molar-refractivity contribution in [3.8, 4) is 0 Å². The van der Waals surface area contributed by atoms with E-state index < -0.39 is 0 Å². The van der Waals surface area contributed by atoms with Crippen LogP contribution < -0.4 is 5.32 Å². The van der Waals surface area contributed by atoms with Gasteiger partial charge in [0.05, 0.1) is 0 Å². The Balaban J connectivity index is 2.32. The van der Waals surface area contributed by atoms with E-state index in [1.165, 1.54) is 0 Å². The van der Waals surface area contributed by atoms with Crippen LogP contribution in [0.4, 0.5) is 0 Å². The molecule has 1 aromatic heterocycles. The highest BCUT2D eigenvalue weighted by atomic mass is 32.1. The summed E-state index contributed by atoms with van der Waals surface area (Å²) in [6.45, 7) is 7.32. The van der Waals surface area contributed by atoms with Crippen molar-refractivity contribution < 1.29 is 0 Å². The summed E-state index contributed by atoms with van der Waals surface area (Å²) in [7, 11) is 0. The van der Waals surface area contributed by atoms with Crippen LogP contribution in [0, 0.1) is 6.92 Å². The van der Waals surface area contributed by atoms with Gasteiger partial charge in [-0.1, -0.05) is 6.08 Å². The summed E-state index contributed by atoms with van der Waals surface area (Å²) in [5.41, 5.74) is 1.10. The molecular weight excluding hydrogens is 156 g/mol. The van der Waals surface area contributed by atoms with Gasteiger partial charge in [0.15, 0.2) is 0 Å². The minimum Gasteiger partial charge on any atom is -0.307 e. The molecule has 0 saturated heterocycles. The lowest BCUT2D eigenvalue weighted by Gasteiger charge is -1.95. The fourth-order valence-corrected chi connectivity index (χ4v) is 1.51. The zero-order valence-electron chi connectivity index (χ0n) is 6.63. The predicted molar refractivity (Wildman–Crippen MR) is 48.8 cm³/mol. The lowest BCUT2D eigenvalue weighted by atomic mass is 10.5. The van der Waals surface area contributed by atoms with Crippen LogP contribution in [0.5, 0.6) is 0 Å². The quantitative estimate of drug-likeness (QED) is 0.547. The first-order valence-corrected chi connectivity index (χ1v) is 4.43. The van der Waals surface area contributed by atoms with Gasteiger partial charge in [-0.2, -0.15) is 0 Å². The van der Waals surface area contributed by atoms with Crippen LogP contribution in [0.2, 0.25) is 0 Å². The largest absolute Gasteiger partial charge is 0.307 e. The second-order valence-corrected chi connectivity index (χ2v) is 3.24. The number of nitrogens with one attached hydrogen (secondary N) is 1. The fraction of sp³-hybridized carbons (Fsp3) is 0.375. The first-order valence-electron chi connectivity index (χ1n) is 3.55. The second kappa shape index (κ2) is 4.26. The van der Waals surface area contributed by atoms with Crippen LogP contribution in [-0.2, 0) is 6.54 Å². The summed E-state index contributed by atoms with van der Waals surface area (Å²) >= 11 is 1.69. The zero-order valence-corrected chi connectivity index (χ0v) is 7.45. The number of hydrogen-bond donors (Lipinski definition) is 1. The SMILES string of the molecule is C=CCNCc1nc(C)cs1. The van der Waals surface area contributed by atoms with Crippen molar-refractivity contribution in [3.63, 3.8) is 0 Å². The monoisotopic (exact) mass is 168 g/mol. The molecule has 60 valence electrons. The normalized spacial score (nSPS) is 9.91. The molecule has 0 aliphatic heterocycles. The molecule has 0 saturated carbocycles. The smallest absolute Gasteiger partial charge is 0.107 e. The highest BCUT2D eigenvalue weighted by Gasteiger charge is 1.95. The third-order valence-electron chi connectivity index (χ3n) is 1.23. The molecule has 0 unspecified atom stereocenters. The van der Waals surface area contributed by atoms with E-state index in [4.69, 9.17) is 0 Å². The van der Waals surface area contributed by atoms with Crippen LogP contribution in [0.1, 0.15) is 10.7 Å². The van der Waals surface area contributed by atoms with Gasteiger partial charge in [0, 0.05) is 24.2 Å². The standard InChI is InChI=1S/C8H12N2S/c1-3-4-9-5-8-10-7(2)6-11-8/h3,6,9H,1,4-5H2,2H3. The van der Waals surface area contributed by atoms with Crippen molar-refractivity contribution in [2.45, 2.75) is 13.5 Å². The maximum atomic E-state index is 4.30. The first kappa shape index (κ1) is 8.43. The van der Waals surface area contributed by atoms with Gasteiger partial charge in [-0.05, 0) is 6.92 Å². The molecule has 1 N–H and O–H groups in total. The number of rotatable bonds is 4. The summed E-state index contributed by atoms with van der Waals surface area (Å²) in [5, 5.41) is 6.40. The van der Waals surface area contributed by atoms with Gasteiger partial charge < -0.3 is 5.32 Å². The Morgan fingerprint density at radius 1 is 1.82 bits per heavy atom. The Hall–Kier alpha value is -0.670. The molecule has 0 bridgehead atoms. The lowest BCUT2D eigenvalue weighted by molar-refractivity contribution is 0.753. The van der Waals surface area contributed by atoms with E-state index >= 15 is 0 Å². The second-order valence-electron chi connectivity index (χ2n) is 2.30.